The highest BCUT2D eigenvalue weighted by Gasteiger charge is 2.17. The van der Waals surface area contributed by atoms with Crippen molar-refractivity contribution >= 4 is 5.91 Å². The second-order valence-corrected chi connectivity index (χ2v) is 4.68. The lowest BCUT2D eigenvalue weighted by Gasteiger charge is -2.18. The van der Waals surface area contributed by atoms with Crippen molar-refractivity contribution in [1.29, 1.82) is 0 Å². The van der Waals surface area contributed by atoms with Gasteiger partial charge in [-0.05, 0) is 32.8 Å². The highest BCUT2D eigenvalue weighted by Crippen LogP contribution is 2.09. The number of carbonyl (C=O) groups excluding carboxylic acids is 1. The van der Waals surface area contributed by atoms with Crippen LogP contribution in [0.25, 0.3) is 0 Å². The van der Waals surface area contributed by atoms with Gasteiger partial charge in [0.15, 0.2) is 0 Å². The van der Waals surface area contributed by atoms with Crippen molar-refractivity contribution in [3.63, 3.8) is 0 Å². The third-order valence-electron chi connectivity index (χ3n) is 2.98. The molecule has 0 saturated heterocycles. The lowest BCUT2D eigenvalue weighted by Crippen LogP contribution is -2.32. The Bertz CT molecular complexity index is 398. The first kappa shape index (κ1) is 14.7. The van der Waals surface area contributed by atoms with E-state index in [0.29, 0.717) is 18.8 Å². The third-order valence-corrected chi connectivity index (χ3v) is 2.98. The molecule has 0 aliphatic rings. The summed E-state index contributed by atoms with van der Waals surface area (Å²) < 4.78 is 1.77. The number of hydrogen-bond donors (Lipinski definition) is 1. The average Bonchev–Trinajstić information content (AvgIpc) is 2.78. The van der Waals surface area contributed by atoms with Crippen LogP contribution in [0.5, 0.6) is 0 Å². The maximum Gasteiger partial charge on any atom is 0.271 e. The van der Waals surface area contributed by atoms with Gasteiger partial charge in [-0.1, -0.05) is 6.92 Å². The zero-order valence-corrected chi connectivity index (χ0v) is 11.8. The fourth-order valence-electron chi connectivity index (χ4n) is 1.75. The Morgan fingerprint density at radius 1 is 1.56 bits per heavy atom. The van der Waals surface area contributed by atoms with Crippen LogP contribution < -0.4 is 5.73 Å². The molecular weight excluding hydrogens is 228 g/mol. The predicted molar refractivity (Wildman–Crippen MR) is 72.5 cm³/mol. The molecule has 2 N–H and O–H groups in total. The van der Waals surface area contributed by atoms with Gasteiger partial charge in [-0.25, -0.2) is 0 Å². The van der Waals surface area contributed by atoms with Crippen LogP contribution >= 0.6 is 0 Å². The van der Waals surface area contributed by atoms with E-state index in [0.717, 1.165) is 18.5 Å². The average molecular weight is 252 g/mol. The van der Waals surface area contributed by atoms with Gasteiger partial charge in [0.2, 0.25) is 0 Å². The molecule has 5 nitrogen and oxygen atoms in total. The predicted octanol–water partition coefficient (Wildman–Crippen LogP) is 1.27. The number of amides is 1. The summed E-state index contributed by atoms with van der Waals surface area (Å²) in [6.07, 6.45) is 1.65. The fraction of sp³-hybridized carbons (Fsp3) is 0.692. The van der Waals surface area contributed by atoms with Gasteiger partial charge in [-0.3, -0.25) is 9.48 Å². The lowest BCUT2D eigenvalue weighted by atomic mass is 10.2. The fourth-order valence-corrected chi connectivity index (χ4v) is 1.75. The van der Waals surface area contributed by atoms with Gasteiger partial charge in [-0.2, -0.15) is 5.10 Å². The van der Waals surface area contributed by atoms with E-state index < -0.39 is 0 Å². The van der Waals surface area contributed by atoms with Gasteiger partial charge in [0, 0.05) is 26.2 Å². The van der Waals surface area contributed by atoms with Crippen molar-refractivity contribution in [3.8, 4) is 0 Å². The number of aromatic nitrogens is 2. The van der Waals surface area contributed by atoms with E-state index in [1.807, 2.05) is 33.9 Å². The summed E-state index contributed by atoms with van der Waals surface area (Å²) in [5, 5.41) is 4.39. The molecule has 0 aliphatic heterocycles. The number of rotatable bonds is 6. The molecule has 0 aromatic carbocycles. The molecule has 0 saturated carbocycles. The smallest absolute Gasteiger partial charge is 0.271 e. The number of nitrogens with two attached hydrogens (primary N) is 1. The number of nitrogens with zero attached hydrogens (tertiary/aromatic N) is 3. The Balaban J connectivity index is 2.79. The molecule has 1 aromatic heterocycles. The molecule has 1 amide bonds. The molecule has 1 heterocycles. The standard InChI is InChI=1S/C13H24N4O/c1-5-11-9-12(17(6-2)15-11)13(18)16(4)8-7-10(3)14/h9-10H,5-8,14H2,1-4H3. The molecule has 0 radical (unpaired) electrons. The highest BCUT2D eigenvalue weighted by atomic mass is 16.2. The molecule has 0 fully saturated rings. The van der Waals surface area contributed by atoms with Gasteiger partial charge in [0.05, 0.1) is 5.69 Å². The minimum absolute atomic E-state index is 0.0182. The zero-order valence-electron chi connectivity index (χ0n) is 11.8. The van der Waals surface area contributed by atoms with Crippen LogP contribution in [0, 0.1) is 0 Å². The molecule has 18 heavy (non-hydrogen) atoms. The summed E-state index contributed by atoms with van der Waals surface area (Å²) in [6, 6.07) is 2.00. The number of carbonyl (C=O) groups is 1. The summed E-state index contributed by atoms with van der Waals surface area (Å²) in [5.74, 6) is 0.0182. The van der Waals surface area contributed by atoms with Crippen molar-refractivity contribution < 1.29 is 4.79 Å². The molecule has 1 rings (SSSR count). The molecule has 1 atom stereocenters. The van der Waals surface area contributed by atoms with E-state index in [2.05, 4.69) is 5.10 Å². The molecule has 0 bridgehead atoms. The molecule has 0 aliphatic carbocycles. The normalized spacial score (nSPS) is 12.5. The molecule has 5 heteroatoms. The minimum Gasteiger partial charge on any atom is -0.340 e. The minimum atomic E-state index is 0.0182. The Labute approximate surface area is 109 Å². The van der Waals surface area contributed by atoms with Crippen LogP contribution in [0.4, 0.5) is 0 Å². The van der Waals surface area contributed by atoms with Crippen molar-refractivity contribution in [2.45, 2.75) is 46.2 Å². The number of aryl methyl sites for hydroxylation is 2. The Morgan fingerprint density at radius 2 is 2.22 bits per heavy atom. The van der Waals surface area contributed by atoms with E-state index in [4.69, 9.17) is 5.73 Å². The van der Waals surface area contributed by atoms with E-state index in [1.165, 1.54) is 0 Å². The van der Waals surface area contributed by atoms with Crippen molar-refractivity contribution in [2.24, 2.45) is 5.73 Å². The van der Waals surface area contributed by atoms with E-state index in [1.54, 1.807) is 9.58 Å². The Hall–Kier alpha value is -1.36. The number of hydrogen-bond acceptors (Lipinski definition) is 3. The summed E-state index contributed by atoms with van der Waals surface area (Å²) >= 11 is 0. The van der Waals surface area contributed by atoms with Crippen LogP contribution in [0.1, 0.15) is 43.4 Å². The van der Waals surface area contributed by atoms with Crippen molar-refractivity contribution in [2.75, 3.05) is 13.6 Å². The largest absolute Gasteiger partial charge is 0.340 e. The van der Waals surface area contributed by atoms with Gasteiger partial charge < -0.3 is 10.6 Å². The monoisotopic (exact) mass is 252 g/mol. The quantitative estimate of drug-likeness (QED) is 0.829. The van der Waals surface area contributed by atoms with Crippen LogP contribution in [0.15, 0.2) is 6.07 Å². The van der Waals surface area contributed by atoms with E-state index in [9.17, 15) is 4.79 Å². The van der Waals surface area contributed by atoms with Crippen LogP contribution in [0.3, 0.4) is 0 Å². The molecular formula is C13H24N4O. The molecule has 102 valence electrons. The first-order valence-electron chi connectivity index (χ1n) is 6.57. The van der Waals surface area contributed by atoms with E-state index >= 15 is 0 Å². The van der Waals surface area contributed by atoms with Gasteiger partial charge in [0.1, 0.15) is 5.69 Å². The van der Waals surface area contributed by atoms with Crippen molar-refractivity contribution in [3.05, 3.63) is 17.5 Å². The topological polar surface area (TPSA) is 64.2 Å². The summed E-state index contributed by atoms with van der Waals surface area (Å²) in [7, 11) is 1.81. The summed E-state index contributed by atoms with van der Waals surface area (Å²) in [4.78, 5) is 14.0. The van der Waals surface area contributed by atoms with E-state index in [-0.39, 0.29) is 11.9 Å². The lowest BCUT2D eigenvalue weighted by molar-refractivity contribution is 0.0779. The van der Waals surface area contributed by atoms with Crippen LogP contribution in [0.2, 0.25) is 0 Å². The summed E-state index contributed by atoms with van der Waals surface area (Å²) in [6.45, 7) is 7.36. The third kappa shape index (κ3) is 3.57. The van der Waals surface area contributed by atoms with Crippen LogP contribution in [-0.4, -0.2) is 40.2 Å². The maximum atomic E-state index is 12.3. The Morgan fingerprint density at radius 3 is 2.72 bits per heavy atom. The van der Waals surface area contributed by atoms with Gasteiger partial charge >= 0.3 is 0 Å². The second-order valence-electron chi connectivity index (χ2n) is 4.68. The SMILES string of the molecule is CCc1cc(C(=O)N(C)CCC(C)N)n(CC)n1. The van der Waals surface area contributed by atoms with Crippen LogP contribution in [-0.2, 0) is 13.0 Å². The maximum absolute atomic E-state index is 12.3. The highest BCUT2D eigenvalue weighted by molar-refractivity contribution is 5.92. The summed E-state index contributed by atoms with van der Waals surface area (Å²) in [5.41, 5.74) is 7.33. The van der Waals surface area contributed by atoms with Gasteiger partial charge in [0.25, 0.3) is 5.91 Å². The Kier molecular flexibility index (Phi) is 5.34. The second kappa shape index (κ2) is 6.54. The molecule has 1 aromatic rings. The first-order valence-corrected chi connectivity index (χ1v) is 6.57. The molecule has 0 spiro atoms. The zero-order chi connectivity index (χ0) is 13.7. The van der Waals surface area contributed by atoms with Crippen molar-refractivity contribution in [1.82, 2.24) is 14.7 Å². The molecule has 1 unspecified atom stereocenters. The van der Waals surface area contributed by atoms with Gasteiger partial charge in [-0.15, -0.1) is 0 Å². The first-order chi connectivity index (χ1) is 8.49.